The van der Waals surface area contributed by atoms with Crippen LogP contribution >= 0.6 is 11.6 Å². The SMILES string of the molecule is CN(C)c1ccccc1NS(=O)(=O)CCl. The molecule has 0 radical (unpaired) electrons. The number of alkyl halides is 1. The summed E-state index contributed by atoms with van der Waals surface area (Å²) in [5.41, 5.74) is 1.33. The van der Waals surface area contributed by atoms with E-state index in [1.807, 2.05) is 31.1 Å². The predicted octanol–water partition coefficient (Wildman–Crippen LogP) is 1.69. The zero-order valence-electron chi connectivity index (χ0n) is 8.57. The summed E-state index contributed by atoms with van der Waals surface area (Å²) in [7, 11) is 0.242. The number of benzene rings is 1. The number of hydrogen-bond acceptors (Lipinski definition) is 3. The lowest BCUT2D eigenvalue weighted by molar-refractivity contribution is 0.605. The van der Waals surface area contributed by atoms with Crippen LogP contribution in [0.4, 0.5) is 11.4 Å². The fourth-order valence-electron chi connectivity index (χ4n) is 1.14. The minimum absolute atomic E-state index is 0.450. The Labute approximate surface area is 94.9 Å². The molecule has 0 spiro atoms. The Morgan fingerprint density at radius 1 is 1.33 bits per heavy atom. The van der Waals surface area contributed by atoms with Gasteiger partial charge in [-0.25, -0.2) is 8.42 Å². The van der Waals surface area contributed by atoms with Gasteiger partial charge in [0.1, 0.15) is 5.21 Å². The lowest BCUT2D eigenvalue weighted by atomic mass is 10.2. The average molecular weight is 249 g/mol. The number of halogens is 1. The van der Waals surface area contributed by atoms with Crippen molar-refractivity contribution in [3.05, 3.63) is 24.3 Å². The van der Waals surface area contributed by atoms with Crippen LogP contribution in [0, 0.1) is 0 Å². The molecule has 1 aromatic rings. The van der Waals surface area contributed by atoms with Crippen molar-refractivity contribution in [1.29, 1.82) is 0 Å². The van der Waals surface area contributed by atoms with Gasteiger partial charge in [-0.05, 0) is 12.1 Å². The fourth-order valence-corrected chi connectivity index (χ4v) is 1.87. The number of anilines is 2. The second kappa shape index (κ2) is 4.72. The smallest absolute Gasteiger partial charge is 0.246 e. The molecule has 0 aliphatic rings. The van der Waals surface area contributed by atoms with Crippen LogP contribution in [-0.4, -0.2) is 27.7 Å². The topological polar surface area (TPSA) is 49.4 Å². The van der Waals surface area contributed by atoms with Gasteiger partial charge in [0.15, 0.2) is 0 Å². The number of para-hydroxylation sites is 2. The van der Waals surface area contributed by atoms with Crippen LogP contribution in [0.25, 0.3) is 0 Å². The summed E-state index contributed by atoms with van der Waals surface area (Å²) in [5, 5.41) is -0.450. The number of nitrogens with zero attached hydrogens (tertiary/aromatic N) is 1. The Bertz CT molecular complexity index is 431. The van der Waals surface area contributed by atoms with Crippen molar-refractivity contribution in [3.8, 4) is 0 Å². The Balaban J connectivity index is 3.05. The maximum Gasteiger partial charge on any atom is 0.246 e. The average Bonchev–Trinajstić information content (AvgIpc) is 2.18. The van der Waals surface area contributed by atoms with Crippen LogP contribution in [0.15, 0.2) is 24.3 Å². The molecule has 0 unspecified atom stereocenters. The van der Waals surface area contributed by atoms with E-state index >= 15 is 0 Å². The normalized spacial score (nSPS) is 11.1. The number of rotatable bonds is 4. The molecule has 0 fully saturated rings. The van der Waals surface area contributed by atoms with Crippen LogP contribution in [0.1, 0.15) is 0 Å². The molecular formula is C9H13ClN2O2S. The quantitative estimate of drug-likeness (QED) is 0.825. The monoisotopic (exact) mass is 248 g/mol. The Hall–Kier alpha value is -0.940. The number of hydrogen-bond donors (Lipinski definition) is 1. The third-order valence-corrected chi connectivity index (χ3v) is 3.48. The van der Waals surface area contributed by atoms with Crippen molar-refractivity contribution >= 4 is 33.0 Å². The summed E-state index contributed by atoms with van der Waals surface area (Å²) in [6.07, 6.45) is 0. The largest absolute Gasteiger partial charge is 0.376 e. The maximum atomic E-state index is 11.3. The lowest BCUT2D eigenvalue weighted by Gasteiger charge is -2.17. The van der Waals surface area contributed by atoms with Gasteiger partial charge in [-0.15, -0.1) is 11.6 Å². The molecule has 6 heteroatoms. The van der Waals surface area contributed by atoms with Crippen LogP contribution < -0.4 is 9.62 Å². The van der Waals surface area contributed by atoms with E-state index in [4.69, 9.17) is 11.6 Å². The molecule has 15 heavy (non-hydrogen) atoms. The minimum Gasteiger partial charge on any atom is -0.376 e. The van der Waals surface area contributed by atoms with Crippen molar-refractivity contribution in [2.45, 2.75) is 0 Å². The number of nitrogens with one attached hydrogen (secondary N) is 1. The van der Waals surface area contributed by atoms with Gasteiger partial charge in [0.25, 0.3) is 0 Å². The van der Waals surface area contributed by atoms with E-state index in [1.54, 1.807) is 12.1 Å². The van der Waals surface area contributed by atoms with Gasteiger partial charge in [-0.3, -0.25) is 4.72 Å². The maximum absolute atomic E-state index is 11.3. The van der Waals surface area contributed by atoms with Crippen LogP contribution in [0.2, 0.25) is 0 Å². The molecular weight excluding hydrogens is 236 g/mol. The lowest BCUT2D eigenvalue weighted by Crippen LogP contribution is -2.17. The molecule has 0 aliphatic carbocycles. The zero-order valence-corrected chi connectivity index (χ0v) is 10.1. The third-order valence-electron chi connectivity index (χ3n) is 1.79. The van der Waals surface area contributed by atoms with Crippen molar-refractivity contribution in [2.24, 2.45) is 0 Å². The van der Waals surface area contributed by atoms with Gasteiger partial charge >= 0.3 is 0 Å². The van der Waals surface area contributed by atoms with E-state index in [9.17, 15) is 8.42 Å². The first-order chi connectivity index (χ1) is 6.96. The van der Waals surface area contributed by atoms with Crippen LogP contribution in [0.3, 0.4) is 0 Å². The molecule has 0 saturated heterocycles. The third kappa shape index (κ3) is 3.28. The second-order valence-electron chi connectivity index (χ2n) is 3.24. The fraction of sp³-hybridized carbons (Fsp3) is 0.333. The summed E-state index contributed by atoms with van der Waals surface area (Å²) in [4.78, 5) is 1.83. The van der Waals surface area contributed by atoms with Gasteiger partial charge in [-0.2, -0.15) is 0 Å². The van der Waals surface area contributed by atoms with Gasteiger partial charge in [0, 0.05) is 14.1 Å². The van der Waals surface area contributed by atoms with E-state index in [2.05, 4.69) is 4.72 Å². The highest BCUT2D eigenvalue weighted by Gasteiger charge is 2.11. The van der Waals surface area contributed by atoms with Gasteiger partial charge < -0.3 is 4.90 Å². The van der Waals surface area contributed by atoms with E-state index in [-0.39, 0.29) is 0 Å². The number of sulfonamides is 1. The van der Waals surface area contributed by atoms with Gasteiger partial charge in [0.2, 0.25) is 10.0 Å². The highest BCUT2D eigenvalue weighted by Crippen LogP contribution is 2.24. The molecule has 1 N–H and O–H groups in total. The van der Waals surface area contributed by atoms with Crippen molar-refractivity contribution in [2.75, 3.05) is 28.9 Å². The molecule has 1 aromatic carbocycles. The van der Waals surface area contributed by atoms with E-state index < -0.39 is 15.2 Å². The highest BCUT2D eigenvalue weighted by molar-refractivity contribution is 7.93. The first kappa shape index (κ1) is 12.1. The van der Waals surface area contributed by atoms with Gasteiger partial charge in [0.05, 0.1) is 11.4 Å². The first-order valence-electron chi connectivity index (χ1n) is 4.29. The minimum atomic E-state index is -3.44. The van der Waals surface area contributed by atoms with Crippen molar-refractivity contribution in [1.82, 2.24) is 0 Å². The van der Waals surface area contributed by atoms with Gasteiger partial charge in [-0.1, -0.05) is 12.1 Å². The summed E-state index contributed by atoms with van der Waals surface area (Å²) in [5.74, 6) is 0. The van der Waals surface area contributed by atoms with E-state index in [0.29, 0.717) is 5.69 Å². The Kier molecular flexibility index (Phi) is 3.82. The summed E-state index contributed by atoms with van der Waals surface area (Å²) in [6, 6.07) is 7.12. The van der Waals surface area contributed by atoms with E-state index in [0.717, 1.165) is 5.69 Å². The molecule has 0 saturated carbocycles. The summed E-state index contributed by atoms with van der Waals surface area (Å²) in [6.45, 7) is 0. The molecule has 0 bridgehead atoms. The Morgan fingerprint density at radius 3 is 2.47 bits per heavy atom. The standard InChI is InChI=1S/C9H13ClN2O2S/c1-12(2)9-6-4-3-5-8(9)11-15(13,14)7-10/h3-6,11H,7H2,1-2H3. The molecule has 0 aliphatic heterocycles. The predicted molar refractivity (Wildman–Crippen MR) is 64.0 cm³/mol. The molecule has 0 aromatic heterocycles. The van der Waals surface area contributed by atoms with E-state index in [1.165, 1.54) is 0 Å². The zero-order chi connectivity index (χ0) is 11.5. The second-order valence-corrected chi connectivity index (χ2v) is 5.54. The molecule has 1 rings (SSSR count). The van der Waals surface area contributed by atoms with Crippen LogP contribution in [0.5, 0.6) is 0 Å². The summed E-state index contributed by atoms with van der Waals surface area (Å²) < 4.78 is 25.0. The molecule has 84 valence electrons. The summed E-state index contributed by atoms with van der Waals surface area (Å²) >= 11 is 5.31. The molecule has 4 nitrogen and oxygen atoms in total. The molecule has 0 heterocycles. The molecule has 0 amide bonds. The van der Waals surface area contributed by atoms with Crippen LogP contribution in [-0.2, 0) is 10.0 Å². The van der Waals surface area contributed by atoms with Crippen molar-refractivity contribution in [3.63, 3.8) is 0 Å². The molecule has 0 atom stereocenters. The highest BCUT2D eigenvalue weighted by atomic mass is 35.5. The Morgan fingerprint density at radius 2 is 1.93 bits per heavy atom. The van der Waals surface area contributed by atoms with Crippen molar-refractivity contribution < 1.29 is 8.42 Å². The first-order valence-corrected chi connectivity index (χ1v) is 6.48.